The van der Waals surface area contributed by atoms with Crippen LogP contribution >= 0.6 is 0 Å². The fourth-order valence-electron chi connectivity index (χ4n) is 1.46. The minimum absolute atomic E-state index is 0.104. The Balaban J connectivity index is 2.40. The van der Waals surface area contributed by atoms with Gasteiger partial charge in [-0.25, -0.2) is 9.97 Å². The normalized spacial score (nSPS) is 10.1. The van der Waals surface area contributed by atoms with E-state index in [0.717, 1.165) is 0 Å². The fourth-order valence-corrected chi connectivity index (χ4v) is 1.46. The molecule has 1 aromatic heterocycles. The predicted molar refractivity (Wildman–Crippen MR) is 60.5 cm³/mol. The third-order valence-electron chi connectivity index (χ3n) is 2.19. The Hall–Kier alpha value is -2.43. The molecule has 1 heterocycles. The second-order valence-corrected chi connectivity index (χ2v) is 3.45. The summed E-state index contributed by atoms with van der Waals surface area (Å²) >= 11 is 0. The van der Waals surface area contributed by atoms with Crippen LogP contribution in [0.4, 0.5) is 0 Å². The second kappa shape index (κ2) is 4.61. The van der Waals surface area contributed by atoms with Crippen molar-refractivity contribution >= 4 is 5.97 Å². The fraction of sp³-hybridized carbons (Fsp3) is 0.0833. The van der Waals surface area contributed by atoms with Crippen LogP contribution in [0.5, 0.6) is 5.75 Å². The number of para-hydroxylation sites is 1. The monoisotopic (exact) mass is 230 g/mol. The summed E-state index contributed by atoms with van der Waals surface area (Å²) in [7, 11) is 0. The molecule has 0 saturated heterocycles. The van der Waals surface area contributed by atoms with E-state index in [9.17, 15) is 9.90 Å². The molecule has 5 heteroatoms. The van der Waals surface area contributed by atoms with Gasteiger partial charge in [0, 0.05) is 11.8 Å². The third kappa shape index (κ3) is 2.57. The maximum atomic E-state index is 10.6. The zero-order valence-electron chi connectivity index (χ0n) is 8.87. The molecule has 17 heavy (non-hydrogen) atoms. The molecule has 2 N–H and O–H groups in total. The highest BCUT2D eigenvalue weighted by Gasteiger charge is 2.08. The summed E-state index contributed by atoms with van der Waals surface area (Å²) in [6, 6.07) is 8.36. The van der Waals surface area contributed by atoms with Crippen LogP contribution in [-0.2, 0) is 11.2 Å². The maximum absolute atomic E-state index is 10.6. The van der Waals surface area contributed by atoms with Crippen LogP contribution in [0.25, 0.3) is 11.3 Å². The number of hydrogen-bond acceptors (Lipinski definition) is 4. The van der Waals surface area contributed by atoms with E-state index >= 15 is 0 Å². The Labute approximate surface area is 97.4 Å². The van der Waals surface area contributed by atoms with Crippen molar-refractivity contribution in [2.45, 2.75) is 6.42 Å². The van der Waals surface area contributed by atoms with Gasteiger partial charge in [0.1, 0.15) is 18.0 Å². The van der Waals surface area contributed by atoms with Crippen molar-refractivity contribution in [3.63, 3.8) is 0 Å². The molecule has 0 spiro atoms. The molecular formula is C12H10N2O3. The number of carboxylic acid groups (broad SMARTS) is 1. The lowest BCUT2D eigenvalue weighted by Gasteiger charge is -2.04. The summed E-state index contributed by atoms with van der Waals surface area (Å²) in [5.74, 6) is -0.662. The Morgan fingerprint density at radius 1 is 1.24 bits per heavy atom. The smallest absolute Gasteiger partial charge is 0.311 e. The van der Waals surface area contributed by atoms with E-state index < -0.39 is 5.97 Å². The third-order valence-corrected chi connectivity index (χ3v) is 2.19. The number of aliphatic carboxylic acids is 1. The predicted octanol–water partition coefficient (Wildman–Crippen LogP) is 1.48. The lowest BCUT2D eigenvalue weighted by atomic mass is 10.1. The molecule has 0 radical (unpaired) electrons. The molecule has 0 atom stereocenters. The van der Waals surface area contributed by atoms with Crippen LogP contribution in [0.1, 0.15) is 5.82 Å². The molecule has 2 rings (SSSR count). The number of nitrogens with zero attached hydrogens (tertiary/aromatic N) is 2. The van der Waals surface area contributed by atoms with Gasteiger partial charge >= 0.3 is 5.97 Å². The van der Waals surface area contributed by atoms with Gasteiger partial charge in [-0.2, -0.15) is 0 Å². The van der Waals surface area contributed by atoms with Gasteiger partial charge in [0.2, 0.25) is 0 Å². The number of phenolic OH excluding ortho intramolecular Hbond substituents is 1. The van der Waals surface area contributed by atoms with Crippen LogP contribution in [0.15, 0.2) is 36.5 Å². The van der Waals surface area contributed by atoms with Crippen molar-refractivity contribution in [2.75, 3.05) is 0 Å². The highest BCUT2D eigenvalue weighted by molar-refractivity contribution is 5.70. The van der Waals surface area contributed by atoms with Gasteiger partial charge in [-0.1, -0.05) is 12.1 Å². The quantitative estimate of drug-likeness (QED) is 0.834. The van der Waals surface area contributed by atoms with E-state index in [1.165, 1.54) is 6.20 Å². The Morgan fingerprint density at radius 3 is 2.71 bits per heavy atom. The number of aromatic nitrogens is 2. The van der Waals surface area contributed by atoms with E-state index in [0.29, 0.717) is 11.3 Å². The van der Waals surface area contributed by atoms with Gasteiger partial charge in [-0.15, -0.1) is 0 Å². The van der Waals surface area contributed by atoms with Gasteiger partial charge < -0.3 is 10.2 Å². The van der Waals surface area contributed by atoms with Crippen molar-refractivity contribution in [2.24, 2.45) is 0 Å². The molecule has 2 aromatic rings. The molecule has 5 nitrogen and oxygen atoms in total. The Bertz CT molecular complexity index is 555. The second-order valence-electron chi connectivity index (χ2n) is 3.45. The molecule has 0 aliphatic carbocycles. The standard InChI is InChI=1S/C12H10N2O3/c15-10-4-2-1-3-8(10)9-5-6-13-11(14-9)7-12(16)17/h1-6,15H,7H2,(H,16,17). The number of carboxylic acids is 1. The number of phenols is 1. The molecular weight excluding hydrogens is 220 g/mol. The number of benzene rings is 1. The van der Waals surface area contributed by atoms with Crippen molar-refractivity contribution in [1.82, 2.24) is 9.97 Å². The van der Waals surface area contributed by atoms with Gasteiger partial charge in [-0.3, -0.25) is 4.79 Å². The van der Waals surface area contributed by atoms with Gasteiger partial charge in [0.15, 0.2) is 0 Å². The molecule has 0 bridgehead atoms. The number of rotatable bonds is 3. The van der Waals surface area contributed by atoms with Crippen LogP contribution in [0.3, 0.4) is 0 Å². The van der Waals surface area contributed by atoms with Crippen molar-refractivity contribution < 1.29 is 15.0 Å². The van der Waals surface area contributed by atoms with E-state index in [-0.39, 0.29) is 18.0 Å². The van der Waals surface area contributed by atoms with Gasteiger partial charge in [0.25, 0.3) is 0 Å². The molecule has 0 saturated carbocycles. The minimum Gasteiger partial charge on any atom is -0.507 e. The van der Waals surface area contributed by atoms with Gasteiger partial charge in [-0.05, 0) is 18.2 Å². The van der Waals surface area contributed by atoms with Crippen LogP contribution in [-0.4, -0.2) is 26.2 Å². The summed E-state index contributed by atoms with van der Waals surface area (Å²) in [5, 5.41) is 18.3. The average molecular weight is 230 g/mol. The molecule has 0 fully saturated rings. The molecule has 1 aromatic carbocycles. The summed E-state index contributed by atoms with van der Waals surface area (Å²) in [5.41, 5.74) is 1.07. The highest BCUT2D eigenvalue weighted by atomic mass is 16.4. The zero-order valence-corrected chi connectivity index (χ0v) is 8.87. The minimum atomic E-state index is -0.987. The lowest BCUT2D eigenvalue weighted by molar-refractivity contribution is -0.136. The SMILES string of the molecule is O=C(O)Cc1nccc(-c2ccccc2O)n1. The highest BCUT2D eigenvalue weighted by Crippen LogP contribution is 2.26. The number of aromatic hydroxyl groups is 1. The van der Waals surface area contributed by atoms with Crippen molar-refractivity contribution in [1.29, 1.82) is 0 Å². The lowest BCUT2D eigenvalue weighted by Crippen LogP contribution is -2.05. The van der Waals surface area contributed by atoms with E-state index in [4.69, 9.17) is 5.11 Å². The summed E-state index contributed by atoms with van der Waals surface area (Å²) < 4.78 is 0. The molecule has 0 aliphatic heterocycles. The molecule has 0 unspecified atom stereocenters. The average Bonchev–Trinajstić information content (AvgIpc) is 2.29. The largest absolute Gasteiger partial charge is 0.507 e. The first-order chi connectivity index (χ1) is 8.16. The summed E-state index contributed by atoms with van der Waals surface area (Å²) in [4.78, 5) is 18.5. The summed E-state index contributed by atoms with van der Waals surface area (Å²) in [6.07, 6.45) is 1.24. The van der Waals surface area contributed by atoms with E-state index in [1.807, 2.05) is 0 Å². The van der Waals surface area contributed by atoms with Crippen LogP contribution in [0, 0.1) is 0 Å². The molecule has 0 aliphatic rings. The van der Waals surface area contributed by atoms with E-state index in [1.54, 1.807) is 30.3 Å². The van der Waals surface area contributed by atoms with Gasteiger partial charge in [0.05, 0.1) is 5.69 Å². The molecule has 0 amide bonds. The Morgan fingerprint density at radius 2 is 2.00 bits per heavy atom. The first kappa shape index (κ1) is 11.1. The Kier molecular flexibility index (Phi) is 3.00. The number of hydrogen-bond donors (Lipinski definition) is 2. The van der Waals surface area contributed by atoms with E-state index in [2.05, 4.69) is 9.97 Å². The van der Waals surface area contributed by atoms with Crippen LogP contribution < -0.4 is 0 Å². The molecule has 86 valence electrons. The first-order valence-corrected chi connectivity index (χ1v) is 4.99. The maximum Gasteiger partial charge on any atom is 0.311 e. The topological polar surface area (TPSA) is 83.3 Å². The zero-order chi connectivity index (χ0) is 12.3. The number of carbonyl (C=O) groups is 1. The first-order valence-electron chi connectivity index (χ1n) is 4.99. The van der Waals surface area contributed by atoms with Crippen molar-refractivity contribution in [3.8, 4) is 17.0 Å². The summed E-state index contributed by atoms with van der Waals surface area (Å²) in [6.45, 7) is 0. The van der Waals surface area contributed by atoms with Crippen molar-refractivity contribution in [3.05, 3.63) is 42.4 Å². The van der Waals surface area contributed by atoms with Crippen LogP contribution in [0.2, 0.25) is 0 Å².